The summed E-state index contributed by atoms with van der Waals surface area (Å²) < 4.78 is 0. The van der Waals surface area contributed by atoms with Crippen molar-refractivity contribution in [3.8, 4) is 55.6 Å². The second-order valence-corrected chi connectivity index (χ2v) is 14.5. The zero-order chi connectivity index (χ0) is 34.1. The molecule has 0 atom stereocenters. The monoisotopic (exact) mass is 648 g/mol. The highest BCUT2D eigenvalue weighted by Gasteiger charge is 2.36. The fraction of sp³-hybridized carbons (Fsp3) is 0.0588. The zero-order valence-corrected chi connectivity index (χ0v) is 28.8. The molecule has 9 aromatic carbocycles. The van der Waals surface area contributed by atoms with E-state index in [1.807, 2.05) is 0 Å². The maximum Gasteiger partial charge on any atom is 0.0159 e. The van der Waals surface area contributed by atoms with Gasteiger partial charge < -0.3 is 0 Å². The van der Waals surface area contributed by atoms with Crippen LogP contribution >= 0.6 is 0 Å². The Morgan fingerprint density at radius 2 is 0.725 bits per heavy atom. The van der Waals surface area contributed by atoms with Crippen LogP contribution in [0.5, 0.6) is 0 Å². The summed E-state index contributed by atoms with van der Waals surface area (Å²) in [6, 6.07) is 67.4. The Kier molecular flexibility index (Phi) is 6.63. The smallest absolute Gasteiger partial charge is 0.0159 e. The molecule has 0 saturated carbocycles. The van der Waals surface area contributed by atoms with Gasteiger partial charge in [-0.05, 0) is 123 Å². The van der Waals surface area contributed by atoms with E-state index in [2.05, 4.69) is 196 Å². The maximum absolute atomic E-state index is 2.45. The number of fused-ring (bicyclic) bond motifs is 6. The Morgan fingerprint density at radius 1 is 0.294 bits per heavy atom. The van der Waals surface area contributed by atoms with Gasteiger partial charge in [-0.2, -0.15) is 0 Å². The van der Waals surface area contributed by atoms with E-state index in [1.165, 1.54) is 99.1 Å². The van der Waals surface area contributed by atoms with Crippen molar-refractivity contribution in [2.45, 2.75) is 19.3 Å². The minimum absolute atomic E-state index is 0.129. The minimum atomic E-state index is -0.129. The summed E-state index contributed by atoms with van der Waals surface area (Å²) in [6.45, 7) is 4.77. The zero-order valence-electron chi connectivity index (χ0n) is 28.8. The normalized spacial score (nSPS) is 13.1. The summed E-state index contributed by atoms with van der Waals surface area (Å²) in [7, 11) is 0. The molecule has 0 unspecified atom stereocenters. The molecule has 9 aromatic rings. The molecule has 1 aliphatic carbocycles. The van der Waals surface area contributed by atoms with Crippen molar-refractivity contribution in [2.24, 2.45) is 0 Å². The Labute approximate surface area is 299 Å². The minimum Gasteiger partial charge on any atom is -0.0622 e. The fourth-order valence-corrected chi connectivity index (χ4v) is 8.66. The summed E-state index contributed by atoms with van der Waals surface area (Å²) in [5.74, 6) is 0. The molecule has 0 fully saturated rings. The van der Waals surface area contributed by atoms with Gasteiger partial charge in [0, 0.05) is 5.41 Å². The molecule has 0 heteroatoms. The van der Waals surface area contributed by atoms with Crippen molar-refractivity contribution in [2.75, 3.05) is 0 Å². The van der Waals surface area contributed by atoms with Crippen LogP contribution in [-0.4, -0.2) is 0 Å². The molecule has 240 valence electrons. The molecule has 0 saturated heterocycles. The van der Waals surface area contributed by atoms with Gasteiger partial charge in [0.2, 0.25) is 0 Å². The standard InChI is InChI=1S/C51H36/c1-51(2)47-31-39(37-22-21-33-13-9-10-18-36(33)29-37)23-26-41(47)42-27-24-40(32-48(42)51)38-25-28-45-46(30-38)50(35-16-7-4-8-17-35)44-20-12-11-19-43(44)49(45)34-14-5-3-6-15-34/h3-32H,1-2H3. The van der Waals surface area contributed by atoms with Crippen LogP contribution in [0.25, 0.3) is 88.0 Å². The Hall–Kier alpha value is -6.24. The van der Waals surface area contributed by atoms with Gasteiger partial charge in [-0.25, -0.2) is 0 Å². The van der Waals surface area contributed by atoms with Gasteiger partial charge >= 0.3 is 0 Å². The van der Waals surface area contributed by atoms with Gasteiger partial charge in [0.15, 0.2) is 0 Å². The lowest BCUT2D eigenvalue weighted by molar-refractivity contribution is 0.661. The van der Waals surface area contributed by atoms with Crippen LogP contribution in [0, 0.1) is 0 Å². The van der Waals surface area contributed by atoms with Crippen molar-refractivity contribution in [3.63, 3.8) is 0 Å². The fourth-order valence-electron chi connectivity index (χ4n) is 8.66. The van der Waals surface area contributed by atoms with Crippen LogP contribution in [0.1, 0.15) is 25.0 Å². The number of hydrogen-bond acceptors (Lipinski definition) is 0. The first-order valence-electron chi connectivity index (χ1n) is 17.9. The molecule has 0 N–H and O–H groups in total. The maximum atomic E-state index is 2.45. The molecular formula is C51H36. The van der Waals surface area contributed by atoms with Crippen LogP contribution in [-0.2, 0) is 5.41 Å². The lowest BCUT2D eigenvalue weighted by Gasteiger charge is -2.23. The molecule has 0 radical (unpaired) electrons. The highest BCUT2D eigenvalue weighted by Crippen LogP contribution is 2.51. The second-order valence-electron chi connectivity index (χ2n) is 14.5. The first-order valence-corrected chi connectivity index (χ1v) is 17.9. The average molecular weight is 649 g/mol. The Balaban J connectivity index is 1.13. The van der Waals surface area contributed by atoms with E-state index in [1.54, 1.807) is 0 Å². The second kappa shape index (κ2) is 11.4. The van der Waals surface area contributed by atoms with Gasteiger partial charge in [0.1, 0.15) is 0 Å². The van der Waals surface area contributed by atoms with Crippen LogP contribution < -0.4 is 0 Å². The van der Waals surface area contributed by atoms with Crippen molar-refractivity contribution < 1.29 is 0 Å². The Bertz CT molecular complexity index is 2800. The van der Waals surface area contributed by atoms with Gasteiger partial charge in [-0.15, -0.1) is 0 Å². The van der Waals surface area contributed by atoms with Crippen molar-refractivity contribution >= 4 is 32.3 Å². The SMILES string of the molecule is CC1(C)c2cc(-c3ccc4ccccc4c3)ccc2-c2ccc(-c3ccc4c(-c5ccccc5)c5ccccc5c(-c5ccccc5)c4c3)cc21. The largest absolute Gasteiger partial charge is 0.0622 e. The summed E-state index contributed by atoms with van der Waals surface area (Å²) in [5.41, 5.74) is 15.4. The van der Waals surface area contributed by atoms with Crippen LogP contribution in [0.4, 0.5) is 0 Å². The first kappa shape index (κ1) is 29.7. The molecular weight excluding hydrogens is 613 g/mol. The predicted octanol–water partition coefficient (Wildman–Crippen LogP) is 14.1. The average Bonchev–Trinajstić information content (AvgIpc) is 3.42. The lowest BCUT2D eigenvalue weighted by atomic mass is 9.80. The third kappa shape index (κ3) is 4.68. The molecule has 10 rings (SSSR count). The van der Waals surface area contributed by atoms with E-state index in [0.717, 1.165) is 0 Å². The number of benzene rings is 9. The predicted molar refractivity (Wildman–Crippen MR) is 218 cm³/mol. The van der Waals surface area contributed by atoms with Crippen molar-refractivity contribution in [1.82, 2.24) is 0 Å². The summed E-state index contributed by atoms with van der Waals surface area (Å²) >= 11 is 0. The lowest BCUT2D eigenvalue weighted by Crippen LogP contribution is -2.15. The molecule has 0 amide bonds. The molecule has 51 heavy (non-hydrogen) atoms. The van der Waals surface area contributed by atoms with Crippen molar-refractivity contribution in [3.05, 3.63) is 193 Å². The van der Waals surface area contributed by atoms with Crippen LogP contribution in [0.15, 0.2) is 182 Å². The van der Waals surface area contributed by atoms with Gasteiger partial charge in [-0.1, -0.05) is 172 Å². The van der Waals surface area contributed by atoms with Crippen LogP contribution in [0.3, 0.4) is 0 Å². The molecule has 0 aliphatic heterocycles. The molecule has 0 heterocycles. The number of rotatable bonds is 4. The van der Waals surface area contributed by atoms with Gasteiger partial charge in [0.25, 0.3) is 0 Å². The number of hydrogen-bond donors (Lipinski definition) is 0. The third-order valence-corrected chi connectivity index (χ3v) is 11.2. The van der Waals surface area contributed by atoms with E-state index in [-0.39, 0.29) is 5.41 Å². The van der Waals surface area contributed by atoms with Crippen LogP contribution in [0.2, 0.25) is 0 Å². The summed E-state index contributed by atoms with van der Waals surface area (Å²) in [4.78, 5) is 0. The molecule has 0 spiro atoms. The molecule has 0 bridgehead atoms. The topological polar surface area (TPSA) is 0 Å². The highest BCUT2D eigenvalue weighted by molar-refractivity contribution is 6.22. The van der Waals surface area contributed by atoms with E-state index in [4.69, 9.17) is 0 Å². The summed E-state index contributed by atoms with van der Waals surface area (Å²) in [5, 5.41) is 7.66. The molecule has 0 nitrogen and oxygen atoms in total. The third-order valence-electron chi connectivity index (χ3n) is 11.2. The summed E-state index contributed by atoms with van der Waals surface area (Å²) in [6.07, 6.45) is 0. The van der Waals surface area contributed by atoms with Gasteiger partial charge in [-0.3, -0.25) is 0 Å². The van der Waals surface area contributed by atoms with Gasteiger partial charge in [0.05, 0.1) is 0 Å². The van der Waals surface area contributed by atoms with Crippen molar-refractivity contribution in [1.29, 1.82) is 0 Å². The molecule has 0 aromatic heterocycles. The van der Waals surface area contributed by atoms with E-state index >= 15 is 0 Å². The highest BCUT2D eigenvalue weighted by atomic mass is 14.4. The van der Waals surface area contributed by atoms with E-state index in [0.29, 0.717) is 0 Å². The van der Waals surface area contributed by atoms with E-state index < -0.39 is 0 Å². The molecule has 1 aliphatic rings. The Morgan fingerprint density at radius 3 is 1.33 bits per heavy atom. The van der Waals surface area contributed by atoms with E-state index in [9.17, 15) is 0 Å². The first-order chi connectivity index (χ1) is 25.0. The quantitative estimate of drug-likeness (QED) is 0.167.